The van der Waals surface area contributed by atoms with E-state index in [1.807, 2.05) is 51.2 Å². The van der Waals surface area contributed by atoms with Crippen LogP contribution < -0.4 is 15.4 Å². The number of hydrogen-bond donors (Lipinski definition) is 2. The lowest BCUT2D eigenvalue weighted by Crippen LogP contribution is -2.27. The number of rotatable bonds is 6. The number of ether oxygens (including phenoxy) is 1. The summed E-state index contributed by atoms with van der Waals surface area (Å²) in [6.07, 6.45) is 3.92. The van der Waals surface area contributed by atoms with Crippen LogP contribution in [0.25, 0.3) is 5.69 Å². The minimum absolute atomic E-state index is 0.163. The summed E-state index contributed by atoms with van der Waals surface area (Å²) >= 11 is 5.38. The Morgan fingerprint density at radius 3 is 2.41 bits per heavy atom. The van der Waals surface area contributed by atoms with Crippen LogP contribution in [0.15, 0.2) is 60.9 Å². The summed E-state index contributed by atoms with van der Waals surface area (Å²) < 4.78 is 7.69. The molecule has 1 heterocycles. The van der Waals surface area contributed by atoms with Crippen molar-refractivity contribution in [2.45, 2.75) is 33.4 Å². The Morgan fingerprint density at radius 1 is 1.11 bits per heavy atom. The second kappa shape index (κ2) is 8.68. The molecule has 0 unspecified atom stereocenters. The normalized spacial score (nSPS) is 10.7. The van der Waals surface area contributed by atoms with Gasteiger partial charge in [0.15, 0.2) is 5.11 Å². The molecule has 0 atom stereocenters. The van der Waals surface area contributed by atoms with Gasteiger partial charge < -0.3 is 19.9 Å². The van der Waals surface area contributed by atoms with Crippen molar-refractivity contribution in [3.8, 4) is 11.4 Å². The van der Waals surface area contributed by atoms with E-state index in [2.05, 4.69) is 44.5 Å². The van der Waals surface area contributed by atoms with Crippen molar-refractivity contribution in [1.82, 2.24) is 14.9 Å². The Kier molecular flexibility index (Phi) is 6.08. The second-order valence-electron chi connectivity index (χ2n) is 6.51. The van der Waals surface area contributed by atoms with Crippen LogP contribution in [0.2, 0.25) is 0 Å². The maximum Gasteiger partial charge on any atom is 0.171 e. The molecule has 0 aliphatic heterocycles. The summed E-state index contributed by atoms with van der Waals surface area (Å²) in [5.41, 5.74) is 3.18. The van der Waals surface area contributed by atoms with Crippen LogP contribution in [-0.2, 0) is 6.54 Å². The van der Waals surface area contributed by atoms with Crippen molar-refractivity contribution in [3.05, 3.63) is 72.3 Å². The molecule has 5 nitrogen and oxygen atoms in total. The zero-order valence-corrected chi connectivity index (χ0v) is 16.6. The molecule has 3 rings (SSSR count). The highest BCUT2D eigenvalue weighted by Crippen LogP contribution is 2.17. The fraction of sp³-hybridized carbons (Fsp3) is 0.238. The molecule has 0 spiro atoms. The molecule has 27 heavy (non-hydrogen) atoms. The molecule has 0 saturated carbocycles. The Morgan fingerprint density at radius 2 is 1.81 bits per heavy atom. The monoisotopic (exact) mass is 380 g/mol. The number of nitrogens with one attached hydrogen (secondary N) is 2. The van der Waals surface area contributed by atoms with Crippen LogP contribution in [0.4, 0.5) is 5.69 Å². The van der Waals surface area contributed by atoms with E-state index in [1.54, 1.807) is 6.20 Å². The SMILES string of the molecule is Cc1nccn1-c1ccc(CNC(=S)Nc2ccc(OC(C)C)cc2)cc1. The zero-order valence-electron chi connectivity index (χ0n) is 15.8. The highest BCUT2D eigenvalue weighted by molar-refractivity contribution is 7.80. The first kappa shape index (κ1) is 18.9. The van der Waals surface area contributed by atoms with Crippen LogP contribution in [-0.4, -0.2) is 20.8 Å². The van der Waals surface area contributed by atoms with Crippen molar-refractivity contribution in [2.75, 3.05) is 5.32 Å². The molecule has 6 heteroatoms. The van der Waals surface area contributed by atoms with Crippen molar-refractivity contribution >= 4 is 23.0 Å². The van der Waals surface area contributed by atoms with E-state index in [0.29, 0.717) is 11.7 Å². The summed E-state index contributed by atoms with van der Waals surface area (Å²) in [7, 11) is 0. The van der Waals surface area contributed by atoms with Crippen molar-refractivity contribution in [3.63, 3.8) is 0 Å². The third-order valence-electron chi connectivity index (χ3n) is 3.98. The lowest BCUT2D eigenvalue weighted by molar-refractivity contribution is 0.242. The summed E-state index contributed by atoms with van der Waals surface area (Å²) in [6.45, 7) is 6.66. The van der Waals surface area contributed by atoms with Gasteiger partial charge in [0.1, 0.15) is 11.6 Å². The Hall–Kier alpha value is -2.86. The lowest BCUT2D eigenvalue weighted by Gasteiger charge is -2.13. The minimum atomic E-state index is 0.163. The number of nitrogens with zero attached hydrogens (tertiary/aromatic N) is 2. The molecule has 0 bridgehead atoms. The molecular formula is C21H24N4OS. The van der Waals surface area contributed by atoms with E-state index >= 15 is 0 Å². The van der Waals surface area contributed by atoms with E-state index < -0.39 is 0 Å². The van der Waals surface area contributed by atoms with Gasteiger partial charge >= 0.3 is 0 Å². The lowest BCUT2D eigenvalue weighted by atomic mass is 10.2. The average Bonchev–Trinajstić information content (AvgIpc) is 3.08. The van der Waals surface area contributed by atoms with E-state index in [0.717, 1.165) is 28.5 Å². The fourth-order valence-corrected chi connectivity index (χ4v) is 2.86. The first-order valence-corrected chi connectivity index (χ1v) is 9.33. The average molecular weight is 381 g/mol. The van der Waals surface area contributed by atoms with E-state index in [4.69, 9.17) is 17.0 Å². The molecule has 0 saturated heterocycles. The fourth-order valence-electron chi connectivity index (χ4n) is 2.67. The van der Waals surface area contributed by atoms with Crippen LogP contribution in [0.1, 0.15) is 25.2 Å². The number of anilines is 1. The molecule has 0 amide bonds. The Balaban J connectivity index is 1.51. The zero-order chi connectivity index (χ0) is 19.2. The van der Waals surface area contributed by atoms with E-state index in [-0.39, 0.29) is 6.10 Å². The third-order valence-corrected chi connectivity index (χ3v) is 4.22. The molecule has 0 aliphatic carbocycles. The largest absolute Gasteiger partial charge is 0.491 e. The number of hydrogen-bond acceptors (Lipinski definition) is 3. The van der Waals surface area contributed by atoms with Gasteiger partial charge in [-0.2, -0.15) is 0 Å². The van der Waals surface area contributed by atoms with Crippen molar-refractivity contribution in [1.29, 1.82) is 0 Å². The van der Waals surface area contributed by atoms with Gasteiger partial charge in [-0.15, -0.1) is 0 Å². The molecule has 0 fully saturated rings. The minimum Gasteiger partial charge on any atom is -0.491 e. The van der Waals surface area contributed by atoms with Crippen LogP contribution >= 0.6 is 12.2 Å². The van der Waals surface area contributed by atoms with Crippen molar-refractivity contribution in [2.24, 2.45) is 0 Å². The predicted octanol–water partition coefficient (Wildman–Crippen LogP) is 4.45. The summed E-state index contributed by atoms with van der Waals surface area (Å²) in [5, 5.41) is 7.00. The second-order valence-corrected chi connectivity index (χ2v) is 6.92. The first-order valence-electron chi connectivity index (χ1n) is 8.92. The molecule has 0 aliphatic rings. The van der Waals surface area contributed by atoms with Gasteiger partial charge in [0.05, 0.1) is 6.10 Å². The maximum atomic E-state index is 5.64. The maximum absolute atomic E-state index is 5.64. The summed E-state index contributed by atoms with van der Waals surface area (Å²) in [6, 6.07) is 16.1. The number of benzene rings is 2. The van der Waals surface area contributed by atoms with E-state index in [1.165, 1.54) is 0 Å². The van der Waals surface area contributed by atoms with Gasteiger partial charge in [-0.1, -0.05) is 12.1 Å². The Bertz CT molecular complexity index is 885. The van der Waals surface area contributed by atoms with Crippen molar-refractivity contribution < 1.29 is 4.74 Å². The topological polar surface area (TPSA) is 51.1 Å². The molecule has 3 aromatic rings. The quantitative estimate of drug-likeness (QED) is 0.619. The summed E-state index contributed by atoms with van der Waals surface area (Å²) in [4.78, 5) is 4.25. The van der Waals surface area contributed by atoms with Gasteiger partial charge in [0.2, 0.25) is 0 Å². The van der Waals surface area contributed by atoms with Crippen LogP contribution in [0.5, 0.6) is 5.75 Å². The standard InChI is InChI=1S/C21H24N4OS/c1-15(2)26-20-10-6-18(7-11-20)24-21(27)23-14-17-4-8-19(9-5-17)25-13-12-22-16(25)3/h4-13,15H,14H2,1-3H3,(H2,23,24,27). The molecule has 2 aromatic carbocycles. The molecule has 140 valence electrons. The van der Waals surface area contributed by atoms with Gasteiger partial charge in [-0.25, -0.2) is 4.98 Å². The number of aryl methyl sites for hydroxylation is 1. The van der Waals surface area contributed by atoms with Crippen LogP contribution in [0.3, 0.4) is 0 Å². The highest BCUT2D eigenvalue weighted by Gasteiger charge is 2.03. The smallest absolute Gasteiger partial charge is 0.171 e. The van der Waals surface area contributed by atoms with Gasteiger partial charge in [-0.05, 0) is 75.0 Å². The van der Waals surface area contributed by atoms with E-state index in [9.17, 15) is 0 Å². The number of imidazole rings is 1. The van der Waals surface area contributed by atoms with Gasteiger partial charge in [0.25, 0.3) is 0 Å². The Labute approximate surface area is 165 Å². The molecular weight excluding hydrogens is 356 g/mol. The number of aromatic nitrogens is 2. The number of thiocarbonyl (C=S) groups is 1. The first-order chi connectivity index (χ1) is 13.0. The van der Waals surface area contributed by atoms with Gasteiger partial charge in [-0.3, -0.25) is 0 Å². The molecule has 0 radical (unpaired) electrons. The third kappa shape index (κ3) is 5.31. The molecule has 1 aromatic heterocycles. The molecule has 2 N–H and O–H groups in total. The predicted molar refractivity (Wildman–Crippen MR) is 114 cm³/mol. The highest BCUT2D eigenvalue weighted by atomic mass is 32.1. The van der Waals surface area contributed by atoms with Crippen LogP contribution in [0, 0.1) is 6.92 Å². The summed E-state index contributed by atoms with van der Waals surface area (Å²) in [5.74, 6) is 1.82. The van der Waals surface area contributed by atoms with Gasteiger partial charge in [0, 0.05) is 30.3 Å².